The molecule has 0 fully saturated rings. The predicted octanol–water partition coefficient (Wildman–Crippen LogP) is 2.43. The Bertz CT molecular complexity index is 510. The van der Waals surface area contributed by atoms with E-state index < -0.39 is 0 Å². The van der Waals surface area contributed by atoms with Gasteiger partial charge in [0.15, 0.2) is 0 Å². The van der Waals surface area contributed by atoms with Gasteiger partial charge in [-0.2, -0.15) is 0 Å². The Morgan fingerprint density at radius 3 is 2.80 bits per heavy atom. The third-order valence-electron chi connectivity index (χ3n) is 3.25. The second kappa shape index (κ2) is 3.04. The van der Waals surface area contributed by atoms with Gasteiger partial charge in [-0.25, -0.2) is 0 Å². The quantitative estimate of drug-likeness (QED) is 0.590. The highest BCUT2D eigenvalue weighted by atomic mass is 15.1. The molecule has 2 nitrogen and oxygen atoms in total. The second-order valence-electron chi connectivity index (χ2n) is 4.17. The van der Waals surface area contributed by atoms with E-state index in [9.17, 15) is 0 Å². The van der Waals surface area contributed by atoms with Crippen LogP contribution in [0.25, 0.3) is 10.9 Å². The Kier molecular flexibility index (Phi) is 1.80. The molecular weight excluding hydrogens is 184 g/mol. The summed E-state index contributed by atoms with van der Waals surface area (Å²) in [6.07, 6.45) is 1.09. The first-order valence-corrected chi connectivity index (χ1v) is 5.25. The van der Waals surface area contributed by atoms with Gasteiger partial charge < -0.3 is 9.47 Å². The zero-order valence-electron chi connectivity index (χ0n) is 8.74. The van der Waals surface area contributed by atoms with Crippen LogP contribution in [0, 0.1) is 14.1 Å². The number of rotatable bonds is 0. The van der Waals surface area contributed by atoms with Gasteiger partial charge in [-0.15, -0.1) is 7.05 Å². The minimum atomic E-state index is 0.910. The van der Waals surface area contributed by atoms with Gasteiger partial charge in [-0.05, 0) is 19.5 Å². The van der Waals surface area contributed by atoms with E-state index in [-0.39, 0.29) is 0 Å². The van der Waals surface area contributed by atoms with E-state index in [1.165, 1.54) is 22.2 Å². The van der Waals surface area contributed by atoms with Crippen molar-refractivity contribution in [3.05, 3.63) is 49.6 Å². The minimum absolute atomic E-state index is 0.910. The molecule has 0 radical (unpaired) electrons. The van der Waals surface area contributed by atoms with E-state index in [0.717, 1.165) is 19.5 Å². The summed E-state index contributed by atoms with van der Waals surface area (Å²) >= 11 is 0. The highest BCUT2D eigenvalue weighted by Crippen LogP contribution is 2.29. The molecule has 0 spiro atoms. The highest BCUT2D eigenvalue weighted by Gasteiger charge is 2.11. The molecule has 0 bridgehead atoms. The van der Waals surface area contributed by atoms with E-state index in [0.29, 0.717) is 0 Å². The summed E-state index contributed by atoms with van der Waals surface area (Å²) in [6, 6.07) is 8.49. The van der Waals surface area contributed by atoms with Crippen molar-refractivity contribution in [2.45, 2.75) is 13.0 Å². The van der Waals surface area contributed by atoms with Crippen LogP contribution >= 0.6 is 0 Å². The maximum Gasteiger partial charge on any atom is -0.0277 e. The lowest BCUT2D eigenvalue weighted by Gasteiger charge is -2.34. The summed E-state index contributed by atoms with van der Waals surface area (Å²) in [5.74, 6) is 0. The van der Waals surface area contributed by atoms with E-state index in [1.807, 2.05) is 0 Å². The van der Waals surface area contributed by atoms with E-state index in [1.54, 1.807) is 0 Å². The third-order valence-corrected chi connectivity index (χ3v) is 3.25. The maximum absolute atomic E-state index is 4.12. The van der Waals surface area contributed by atoms with Crippen molar-refractivity contribution in [3.8, 4) is 0 Å². The molecular formula is C13H14N2-2. The van der Waals surface area contributed by atoms with Gasteiger partial charge in [-0.3, -0.25) is 7.05 Å². The monoisotopic (exact) mass is 198 g/mol. The lowest BCUT2D eigenvalue weighted by atomic mass is 10.0. The van der Waals surface area contributed by atoms with Crippen molar-refractivity contribution in [2.24, 2.45) is 0 Å². The summed E-state index contributed by atoms with van der Waals surface area (Å²) in [7, 11) is 8.12. The fourth-order valence-electron chi connectivity index (χ4n) is 2.45. The smallest absolute Gasteiger partial charge is 0.0277 e. The van der Waals surface area contributed by atoms with Crippen LogP contribution in [-0.2, 0) is 13.0 Å². The van der Waals surface area contributed by atoms with Gasteiger partial charge in [0.25, 0.3) is 0 Å². The Balaban J connectivity index is 2.32. The predicted molar refractivity (Wildman–Crippen MR) is 62.2 cm³/mol. The van der Waals surface area contributed by atoms with Gasteiger partial charge in [0, 0.05) is 0 Å². The lowest BCUT2D eigenvalue weighted by molar-refractivity contribution is 0.341. The molecule has 0 atom stereocenters. The molecule has 1 aromatic heterocycles. The average Bonchev–Trinajstić information content (AvgIpc) is 2.54. The van der Waals surface area contributed by atoms with Crippen LogP contribution in [0.2, 0.25) is 0 Å². The molecule has 15 heavy (non-hydrogen) atoms. The summed E-state index contributed by atoms with van der Waals surface area (Å²) in [6.45, 7) is 1.95. The molecule has 0 N–H and O–H groups in total. The molecule has 2 heterocycles. The van der Waals surface area contributed by atoms with Gasteiger partial charge in [0.1, 0.15) is 0 Å². The van der Waals surface area contributed by atoms with Gasteiger partial charge in [-0.1, -0.05) is 46.4 Å². The SMILES string of the molecule is [CH2-]N1CCc2c(n([CH2-])c3ccccc23)C1. The number of fused-ring (bicyclic) bond motifs is 3. The van der Waals surface area contributed by atoms with Crippen LogP contribution in [0.4, 0.5) is 0 Å². The van der Waals surface area contributed by atoms with Crippen molar-refractivity contribution >= 4 is 10.9 Å². The fourth-order valence-corrected chi connectivity index (χ4v) is 2.45. The molecule has 1 aliphatic heterocycles. The Morgan fingerprint density at radius 2 is 1.93 bits per heavy atom. The number of nitrogens with zero attached hydrogens (tertiary/aromatic N) is 2. The standard InChI is InChI=1S/C13H14N2/c1-14-8-7-11-10-5-3-4-6-12(10)15(2)13(11)9-14/h3-6H,1-2,7-9H2/q-2. The largest absolute Gasteiger partial charge is 0.483 e. The first-order valence-electron chi connectivity index (χ1n) is 5.25. The highest BCUT2D eigenvalue weighted by molar-refractivity contribution is 5.86. The molecule has 1 aromatic carbocycles. The van der Waals surface area contributed by atoms with Gasteiger partial charge in [0.05, 0.1) is 0 Å². The van der Waals surface area contributed by atoms with E-state index in [2.05, 4.69) is 47.8 Å². The Labute approximate surface area is 90.1 Å². The minimum Gasteiger partial charge on any atom is -0.483 e. The maximum atomic E-state index is 4.12. The topological polar surface area (TPSA) is 8.17 Å². The van der Waals surface area contributed by atoms with Gasteiger partial charge in [0.2, 0.25) is 0 Å². The molecule has 0 aliphatic carbocycles. The van der Waals surface area contributed by atoms with E-state index in [4.69, 9.17) is 0 Å². The number of hydrogen-bond donors (Lipinski definition) is 0. The van der Waals surface area contributed by atoms with Crippen molar-refractivity contribution in [3.63, 3.8) is 0 Å². The molecule has 78 valence electrons. The van der Waals surface area contributed by atoms with Crippen LogP contribution in [0.1, 0.15) is 11.3 Å². The third kappa shape index (κ3) is 1.18. The average molecular weight is 198 g/mol. The molecule has 0 saturated heterocycles. The molecule has 0 unspecified atom stereocenters. The summed E-state index contributed by atoms with van der Waals surface area (Å²) in [5, 5.41) is 1.36. The van der Waals surface area contributed by atoms with Crippen molar-refractivity contribution < 1.29 is 0 Å². The molecule has 3 rings (SSSR count). The summed E-state index contributed by atoms with van der Waals surface area (Å²) in [5.41, 5.74) is 4.01. The first-order chi connectivity index (χ1) is 7.27. The van der Waals surface area contributed by atoms with Crippen LogP contribution in [0.5, 0.6) is 0 Å². The van der Waals surface area contributed by atoms with Crippen LogP contribution < -0.4 is 0 Å². The Morgan fingerprint density at radius 1 is 1.13 bits per heavy atom. The van der Waals surface area contributed by atoms with Gasteiger partial charge >= 0.3 is 0 Å². The second-order valence-corrected chi connectivity index (χ2v) is 4.17. The normalized spacial score (nSPS) is 16.9. The summed E-state index contributed by atoms with van der Waals surface area (Å²) < 4.78 is 2.06. The molecule has 2 aromatic rings. The molecule has 0 saturated carbocycles. The van der Waals surface area contributed by atoms with Crippen molar-refractivity contribution in [2.75, 3.05) is 6.54 Å². The fraction of sp³-hybridized carbons (Fsp3) is 0.231. The van der Waals surface area contributed by atoms with Crippen LogP contribution in [0.3, 0.4) is 0 Å². The zero-order chi connectivity index (χ0) is 10.4. The van der Waals surface area contributed by atoms with E-state index >= 15 is 0 Å². The Hall–Kier alpha value is -1.41. The first kappa shape index (κ1) is 8.86. The molecule has 2 heteroatoms. The summed E-state index contributed by atoms with van der Waals surface area (Å²) in [4.78, 5) is 2.10. The number of aromatic nitrogens is 1. The number of para-hydroxylation sites is 1. The number of benzene rings is 1. The van der Waals surface area contributed by atoms with Crippen molar-refractivity contribution in [1.82, 2.24) is 9.47 Å². The van der Waals surface area contributed by atoms with Crippen LogP contribution in [0.15, 0.2) is 24.3 Å². The van der Waals surface area contributed by atoms with Crippen molar-refractivity contribution in [1.29, 1.82) is 0 Å². The molecule has 1 aliphatic rings. The lowest BCUT2D eigenvalue weighted by Crippen LogP contribution is -2.25. The molecule has 0 amide bonds. The van der Waals surface area contributed by atoms with Crippen LogP contribution in [-0.4, -0.2) is 16.0 Å². The number of hydrogen-bond acceptors (Lipinski definition) is 1. The zero-order valence-corrected chi connectivity index (χ0v) is 8.74.